The van der Waals surface area contributed by atoms with Gasteiger partial charge in [-0.1, -0.05) is 50.3 Å². The summed E-state index contributed by atoms with van der Waals surface area (Å²) in [7, 11) is 0. The zero-order valence-electron chi connectivity index (χ0n) is 15.5. The summed E-state index contributed by atoms with van der Waals surface area (Å²) < 4.78 is 0. The number of aryl methyl sites for hydroxylation is 2. The molecule has 2 amide bonds. The molecule has 0 aliphatic heterocycles. The Labute approximate surface area is 151 Å². The predicted octanol–water partition coefficient (Wildman–Crippen LogP) is 3.06. The molecule has 0 saturated heterocycles. The molecule has 1 fully saturated rings. The van der Waals surface area contributed by atoms with Crippen LogP contribution in [0.25, 0.3) is 0 Å². The van der Waals surface area contributed by atoms with Gasteiger partial charge in [0.15, 0.2) is 0 Å². The molecule has 1 aliphatic rings. The first kappa shape index (κ1) is 19.4. The fourth-order valence-corrected chi connectivity index (χ4v) is 3.33. The minimum atomic E-state index is -0.197. The zero-order valence-corrected chi connectivity index (χ0v) is 15.5. The maximum atomic E-state index is 12.1. The molecule has 1 aliphatic carbocycles. The Bertz CT molecular complexity index is 558. The lowest BCUT2D eigenvalue weighted by Gasteiger charge is -2.20. The summed E-state index contributed by atoms with van der Waals surface area (Å²) in [5.74, 6) is -0.324. The number of hydrogen-bond donors (Lipinski definition) is 3. The van der Waals surface area contributed by atoms with E-state index in [-0.39, 0.29) is 24.9 Å². The fourth-order valence-electron chi connectivity index (χ4n) is 3.33. The summed E-state index contributed by atoms with van der Waals surface area (Å²) in [6.45, 7) is 4.19. The number of anilines is 1. The van der Waals surface area contributed by atoms with Gasteiger partial charge >= 0.3 is 0 Å². The normalized spacial score (nSPS) is 15.9. The Morgan fingerprint density at radius 3 is 2.16 bits per heavy atom. The van der Waals surface area contributed by atoms with Crippen LogP contribution in [-0.4, -0.2) is 30.9 Å². The second-order valence-electron chi connectivity index (χ2n) is 7.01. The lowest BCUT2D eigenvalue weighted by Crippen LogP contribution is -2.42. The molecule has 0 bridgehead atoms. The van der Waals surface area contributed by atoms with Crippen molar-refractivity contribution >= 4 is 17.5 Å². The van der Waals surface area contributed by atoms with E-state index < -0.39 is 0 Å². The molecule has 25 heavy (non-hydrogen) atoms. The first-order chi connectivity index (χ1) is 12.1. The Hall–Kier alpha value is -1.88. The van der Waals surface area contributed by atoms with E-state index >= 15 is 0 Å². The van der Waals surface area contributed by atoms with Crippen molar-refractivity contribution < 1.29 is 9.59 Å². The molecule has 0 atom stereocenters. The molecule has 0 unspecified atom stereocenters. The van der Waals surface area contributed by atoms with Gasteiger partial charge in [0.2, 0.25) is 11.8 Å². The van der Waals surface area contributed by atoms with E-state index in [0.29, 0.717) is 6.04 Å². The summed E-state index contributed by atoms with van der Waals surface area (Å²) in [6, 6.07) is 6.30. The number of amides is 2. The quantitative estimate of drug-likeness (QED) is 0.742. The highest BCUT2D eigenvalue weighted by molar-refractivity contribution is 5.95. The van der Waals surface area contributed by atoms with E-state index in [9.17, 15) is 9.59 Å². The van der Waals surface area contributed by atoms with Crippen molar-refractivity contribution in [2.75, 3.05) is 18.4 Å². The Kier molecular flexibility index (Phi) is 7.92. The van der Waals surface area contributed by atoms with Gasteiger partial charge in [0, 0.05) is 11.7 Å². The highest BCUT2D eigenvalue weighted by atomic mass is 16.2. The van der Waals surface area contributed by atoms with Gasteiger partial charge in [-0.25, -0.2) is 0 Å². The van der Waals surface area contributed by atoms with E-state index in [1.165, 1.54) is 32.1 Å². The maximum Gasteiger partial charge on any atom is 0.243 e. The van der Waals surface area contributed by atoms with Crippen LogP contribution in [0.4, 0.5) is 5.69 Å². The number of para-hydroxylation sites is 1. The number of benzene rings is 1. The summed E-state index contributed by atoms with van der Waals surface area (Å²) in [6.07, 6.45) is 8.67. The monoisotopic (exact) mass is 345 g/mol. The zero-order chi connectivity index (χ0) is 18.1. The van der Waals surface area contributed by atoms with Crippen molar-refractivity contribution in [3.63, 3.8) is 0 Å². The summed E-state index contributed by atoms with van der Waals surface area (Å²) >= 11 is 0. The largest absolute Gasteiger partial charge is 0.346 e. The molecule has 1 aromatic carbocycles. The molecule has 0 aromatic heterocycles. The Morgan fingerprint density at radius 2 is 1.52 bits per heavy atom. The van der Waals surface area contributed by atoms with Crippen LogP contribution in [0.2, 0.25) is 0 Å². The van der Waals surface area contributed by atoms with E-state index in [4.69, 9.17) is 0 Å². The second-order valence-corrected chi connectivity index (χ2v) is 7.01. The molecule has 5 nitrogen and oxygen atoms in total. The number of hydrogen-bond acceptors (Lipinski definition) is 3. The van der Waals surface area contributed by atoms with Gasteiger partial charge in [-0.05, 0) is 37.8 Å². The first-order valence-electron chi connectivity index (χ1n) is 9.42. The summed E-state index contributed by atoms with van der Waals surface area (Å²) in [4.78, 5) is 24.0. The SMILES string of the molecule is Cc1cccc(C)c1NC(=O)CNC(=O)CNC1CCCCCCC1. The van der Waals surface area contributed by atoms with Crippen molar-refractivity contribution in [3.8, 4) is 0 Å². The number of nitrogens with one attached hydrogen (secondary N) is 3. The van der Waals surface area contributed by atoms with Crippen LogP contribution in [0, 0.1) is 13.8 Å². The standard InChI is InChI=1S/C20H31N3O2/c1-15-9-8-10-16(2)20(15)23-19(25)14-22-18(24)13-21-17-11-6-4-3-5-7-12-17/h8-10,17,21H,3-7,11-14H2,1-2H3,(H,22,24)(H,23,25). The highest BCUT2D eigenvalue weighted by Crippen LogP contribution is 2.19. The second kappa shape index (κ2) is 10.2. The average Bonchev–Trinajstić information content (AvgIpc) is 2.55. The van der Waals surface area contributed by atoms with Crippen molar-refractivity contribution in [2.45, 2.75) is 64.8 Å². The van der Waals surface area contributed by atoms with Crippen molar-refractivity contribution in [3.05, 3.63) is 29.3 Å². The molecule has 2 rings (SSSR count). The third-order valence-electron chi connectivity index (χ3n) is 4.85. The van der Waals surface area contributed by atoms with Crippen LogP contribution >= 0.6 is 0 Å². The van der Waals surface area contributed by atoms with Gasteiger partial charge in [0.05, 0.1) is 13.1 Å². The molecule has 138 valence electrons. The highest BCUT2D eigenvalue weighted by Gasteiger charge is 2.13. The average molecular weight is 345 g/mol. The van der Waals surface area contributed by atoms with Gasteiger partial charge < -0.3 is 16.0 Å². The van der Waals surface area contributed by atoms with Crippen LogP contribution in [0.5, 0.6) is 0 Å². The van der Waals surface area contributed by atoms with Gasteiger partial charge in [0.25, 0.3) is 0 Å². The van der Waals surface area contributed by atoms with Crippen LogP contribution in [0.3, 0.4) is 0 Å². The van der Waals surface area contributed by atoms with Crippen molar-refractivity contribution in [1.29, 1.82) is 0 Å². The number of carbonyl (C=O) groups excluding carboxylic acids is 2. The minimum Gasteiger partial charge on any atom is -0.346 e. The Morgan fingerprint density at radius 1 is 0.920 bits per heavy atom. The first-order valence-corrected chi connectivity index (χ1v) is 9.42. The predicted molar refractivity (Wildman–Crippen MR) is 102 cm³/mol. The summed E-state index contributed by atoms with van der Waals surface area (Å²) in [5.41, 5.74) is 2.87. The van der Waals surface area contributed by atoms with Gasteiger partial charge in [0.1, 0.15) is 0 Å². The third-order valence-corrected chi connectivity index (χ3v) is 4.85. The van der Waals surface area contributed by atoms with Crippen LogP contribution in [0.1, 0.15) is 56.1 Å². The maximum absolute atomic E-state index is 12.1. The number of carbonyl (C=O) groups is 2. The lowest BCUT2D eigenvalue weighted by atomic mass is 9.97. The van der Waals surface area contributed by atoms with Crippen LogP contribution < -0.4 is 16.0 Å². The van der Waals surface area contributed by atoms with Gasteiger partial charge in [-0.3, -0.25) is 9.59 Å². The molecular weight excluding hydrogens is 314 g/mol. The molecular formula is C20H31N3O2. The van der Waals surface area contributed by atoms with Gasteiger partial charge in [-0.15, -0.1) is 0 Å². The molecule has 1 saturated carbocycles. The van der Waals surface area contributed by atoms with E-state index in [2.05, 4.69) is 16.0 Å². The van der Waals surface area contributed by atoms with Crippen LogP contribution in [-0.2, 0) is 9.59 Å². The molecule has 0 heterocycles. The molecule has 5 heteroatoms. The van der Waals surface area contributed by atoms with E-state index in [1.54, 1.807) is 0 Å². The van der Waals surface area contributed by atoms with Crippen LogP contribution in [0.15, 0.2) is 18.2 Å². The fraction of sp³-hybridized carbons (Fsp3) is 0.600. The van der Waals surface area contributed by atoms with Gasteiger partial charge in [-0.2, -0.15) is 0 Å². The molecule has 3 N–H and O–H groups in total. The van der Waals surface area contributed by atoms with Crippen molar-refractivity contribution in [1.82, 2.24) is 10.6 Å². The number of rotatable bonds is 6. The summed E-state index contributed by atoms with van der Waals surface area (Å²) in [5, 5.41) is 8.91. The third kappa shape index (κ3) is 6.86. The van der Waals surface area contributed by atoms with Crippen molar-refractivity contribution in [2.24, 2.45) is 0 Å². The van der Waals surface area contributed by atoms with E-state index in [1.807, 2.05) is 32.0 Å². The molecule has 1 aromatic rings. The smallest absolute Gasteiger partial charge is 0.243 e. The lowest BCUT2D eigenvalue weighted by molar-refractivity contribution is -0.123. The molecule has 0 spiro atoms. The minimum absolute atomic E-state index is 0.00104. The van der Waals surface area contributed by atoms with E-state index in [0.717, 1.165) is 29.7 Å². The Balaban J connectivity index is 1.69. The topological polar surface area (TPSA) is 70.2 Å². The molecule has 0 radical (unpaired) electrons.